The first kappa shape index (κ1) is 16.1. The van der Waals surface area contributed by atoms with Crippen molar-refractivity contribution in [1.29, 1.82) is 0 Å². The van der Waals surface area contributed by atoms with Gasteiger partial charge < -0.3 is 14.7 Å². The number of benzene rings is 1. The summed E-state index contributed by atoms with van der Waals surface area (Å²) in [4.78, 5) is 1.50. The van der Waals surface area contributed by atoms with Crippen LogP contribution in [0.5, 0.6) is 5.75 Å². The highest BCUT2D eigenvalue weighted by molar-refractivity contribution is 5.34. The number of ether oxygens (including phenoxy) is 1. The van der Waals surface area contributed by atoms with Gasteiger partial charge in [0.05, 0.1) is 13.1 Å². The maximum absolute atomic E-state index is 10.2. The number of rotatable bonds is 7. The van der Waals surface area contributed by atoms with Gasteiger partial charge in [0, 0.05) is 0 Å². The first-order valence-electron chi connectivity index (χ1n) is 8.02. The molecule has 1 aromatic carbocycles. The summed E-state index contributed by atoms with van der Waals surface area (Å²) < 4.78 is 5.80. The Balaban J connectivity index is 1.78. The number of hydrogen-bond acceptors (Lipinski definition) is 2. The van der Waals surface area contributed by atoms with Crippen molar-refractivity contribution in [3.63, 3.8) is 0 Å². The van der Waals surface area contributed by atoms with E-state index in [1.807, 2.05) is 30.3 Å². The van der Waals surface area contributed by atoms with E-state index in [9.17, 15) is 5.11 Å². The van der Waals surface area contributed by atoms with Crippen LogP contribution in [-0.2, 0) is 6.42 Å². The molecule has 1 aromatic rings. The molecule has 0 aromatic heterocycles. The second-order valence-electron chi connectivity index (χ2n) is 6.20. The average Bonchev–Trinajstić information content (AvgIpc) is 2.49. The molecule has 1 aliphatic rings. The molecule has 1 fully saturated rings. The summed E-state index contributed by atoms with van der Waals surface area (Å²) in [5.74, 6) is 1.70. The van der Waals surface area contributed by atoms with E-state index in [-0.39, 0.29) is 0 Å². The molecule has 1 saturated heterocycles. The number of nitrogens with one attached hydrogen (secondary N) is 1. The molecule has 2 N–H and O–H groups in total. The zero-order valence-corrected chi connectivity index (χ0v) is 13.1. The number of aliphatic hydroxyl groups excluding tert-OH is 1. The highest BCUT2D eigenvalue weighted by Gasteiger charge is 2.21. The molecule has 2 rings (SSSR count). The molecule has 0 spiro atoms. The summed E-state index contributed by atoms with van der Waals surface area (Å²) in [5.41, 5.74) is 1.12. The lowest BCUT2D eigenvalue weighted by atomic mass is 9.99. The van der Waals surface area contributed by atoms with Gasteiger partial charge in [-0.25, -0.2) is 0 Å². The van der Waals surface area contributed by atoms with Gasteiger partial charge in [0.1, 0.15) is 25.0 Å². The van der Waals surface area contributed by atoms with Crippen LogP contribution in [0.4, 0.5) is 0 Å². The van der Waals surface area contributed by atoms with Gasteiger partial charge in [-0.3, -0.25) is 0 Å². The Bertz CT molecular complexity index is 439. The van der Waals surface area contributed by atoms with Gasteiger partial charge in [-0.1, -0.05) is 31.2 Å². The maximum Gasteiger partial charge on any atom is 0.137 e. The first-order valence-corrected chi connectivity index (χ1v) is 8.02. The summed E-state index contributed by atoms with van der Waals surface area (Å²) >= 11 is 0. The molecule has 1 heterocycles. The Kier molecular flexibility index (Phi) is 6.27. The number of hydrogen-bond donors (Lipinski definition) is 2. The number of allylic oxidation sites excluding steroid dienone is 1. The van der Waals surface area contributed by atoms with Crippen molar-refractivity contribution in [3.8, 4) is 5.75 Å². The van der Waals surface area contributed by atoms with Crippen LogP contribution in [0.3, 0.4) is 0 Å². The third kappa shape index (κ3) is 5.18. The van der Waals surface area contributed by atoms with Crippen LogP contribution in [0.25, 0.3) is 0 Å². The average molecular weight is 290 g/mol. The van der Waals surface area contributed by atoms with E-state index in [1.54, 1.807) is 0 Å². The summed E-state index contributed by atoms with van der Waals surface area (Å²) in [6.07, 6.45) is 4.81. The normalized spacial score (nSPS) is 23.5. The molecule has 0 saturated carbocycles. The van der Waals surface area contributed by atoms with Crippen molar-refractivity contribution in [2.24, 2.45) is 5.92 Å². The molecular formula is C18H28NO2+. The molecule has 0 bridgehead atoms. The van der Waals surface area contributed by atoms with Crippen molar-refractivity contribution < 1.29 is 14.7 Å². The van der Waals surface area contributed by atoms with Crippen LogP contribution < -0.4 is 9.64 Å². The van der Waals surface area contributed by atoms with Gasteiger partial charge in [-0.15, -0.1) is 6.58 Å². The van der Waals surface area contributed by atoms with Crippen molar-refractivity contribution in [1.82, 2.24) is 0 Å². The largest absolute Gasteiger partial charge is 0.490 e. The van der Waals surface area contributed by atoms with Gasteiger partial charge in [-0.2, -0.15) is 0 Å². The Morgan fingerprint density at radius 2 is 2.10 bits per heavy atom. The lowest BCUT2D eigenvalue weighted by Crippen LogP contribution is -3.14. The monoisotopic (exact) mass is 290 g/mol. The SMILES string of the molecule is C=CCc1ccccc1OC[C@H](O)C[NH+]1CCC(C)CC1. The Morgan fingerprint density at radius 3 is 2.81 bits per heavy atom. The van der Waals surface area contributed by atoms with Gasteiger partial charge in [0.2, 0.25) is 0 Å². The molecule has 0 radical (unpaired) electrons. The van der Waals surface area contributed by atoms with Crippen molar-refractivity contribution >= 4 is 0 Å². The zero-order valence-electron chi connectivity index (χ0n) is 13.1. The summed E-state index contributed by atoms with van der Waals surface area (Å²) in [6, 6.07) is 7.97. The molecule has 1 aliphatic heterocycles. The quantitative estimate of drug-likeness (QED) is 0.746. The van der Waals surface area contributed by atoms with Gasteiger partial charge in [-0.05, 0) is 36.8 Å². The van der Waals surface area contributed by atoms with Crippen LogP contribution >= 0.6 is 0 Å². The van der Waals surface area contributed by atoms with E-state index < -0.39 is 6.10 Å². The second kappa shape index (κ2) is 8.20. The van der Waals surface area contributed by atoms with Crippen molar-refractivity contribution in [2.75, 3.05) is 26.2 Å². The van der Waals surface area contributed by atoms with E-state index in [0.717, 1.165) is 30.2 Å². The van der Waals surface area contributed by atoms with Crippen LogP contribution in [0.1, 0.15) is 25.3 Å². The fourth-order valence-electron chi connectivity index (χ4n) is 2.92. The fraction of sp³-hybridized carbons (Fsp3) is 0.556. The van der Waals surface area contributed by atoms with Crippen LogP contribution in [0.15, 0.2) is 36.9 Å². The molecule has 21 heavy (non-hydrogen) atoms. The molecular weight excluding hydrogens is 262 g/mol. The van der Waals surface area contributed by atoms with Gasteiger partial charge >= 0.3 is 0 Å². The van der Waals surface area contributed by atoms with E-state index in [2.05, 4.69) is 13.5 Å². The van der Waals surface area contributed by atoms with Crippen LogP contribution in [0.2, 0.25) is 0 Å². The zero-order chi connectivity index (χ0) is 15.1. The molecule has 3 heteroatoms. The van der Waals surface area contributed by atoms with Crippen molar-refractivity contribution in [2.45, 2.75) is 32.3 Å². The van der Waals surface area contributed by atoms with Gasteiger partial charge in [0.15, 0.2) is 0 Å². The highest BCUT2D eigenvalue weighted by atomic mass is 16.5. The topological polar surface area (TPSA) is 33.9 Å². The van der Waals surface area contributed by atoms with E-state index in [1.165, 1.54) is 30.8 Å². The number of para-hydroxylation sites is 1. The minimum Gasteiger partial charge on any atom is -0.490 e. The van der Waals surface area contributed by atoms with E-state index >= 15 is 0 Å². The van der Waals surface area contributed by atoms with Crippen LogP contribution in [0, 0.1) is 5.92 Å². The number of likely N-dealkylation sites (tertiary alicyclic amines) is 1. The van der Waals surface area contributed by atoms with E-state index in [4.69, 9.17) is 4.74 Å². The second-order valence-corrected chi connectivity index (χ2v) is 6.20. The highest BCUT2D eigenvalue weighted by Crippen LogP contribution is 2.18. The maximum atomic E-state index is 10.2. The molecule has 1 atom stereocenters. The molecule has 0 amide bonds. The smallest absolute Gasteiger partial charge is 0.137 e. The minimum absolute atomic E-state index is 0.368. The molecule has 116 valence electrons. The molecule has 0 unspecified atom stereocenters. The number of quaternary nitrogens is 1. The summed E-state index contributed by atoms with van der Waals surface area (Å²) in [6.45, 7) is 9.58. The molecule has 0 aliphatic carbocycles. The third-order valence-corrected chi connectivity index (χ3v) is 4.27. The van der Waals surface area contributed by atoms with E-state index in [0.29, 0.717) is 6.61 Å². The predicted molar refractivity (Wildman–Crippen MR) is 85.8 cm³/mol. The Labute approximate surface area is 128 Å². The minimum atomic E-state index is -0.398. The third-order valence-electron chi connectivity index (χ3n) is 4.27. The standard InChI is InChI=1S/C18H27NO2/c1-3-6-16-7-4-5-8-18(16)21-14-17(20)13-19-11-9-15(2)10-12-19/h3-5,7-8,15,17,20H,1,6,9-14H2,2H3/p+1/t17-/m1/s1. The van der Waals surface area contributed by atoms with Gasteiger partial charge in [0.25, 0.3) is 0 Å². The number of piperidine rings is 1. The fourth-order valence-corrected chi connectivity index (χ4v) is 2.92. The molecule has 3 nitrogen and oxygen atoms in total. The Morgan fingerprint density at radius 1 is 1.38 bits per heavy atom. The summed E-state index contributed by atoms with van der Waals surface area (Å²) in [7, 11) is 0. The summed E-state index contributed by atoms with van der Waals surface area (Å²) in [5, 5.41) is 10.2. The lowest BCUT2D eigenvalue weighted by Gasteiger charge is -2.28. The predicted octanol–water partition coefficient (Wildman–Crippen LogP) is 1.47. The van der Waals surface area contributed by atoms with Crippen LogP contribution in [-0.4, -0.2) is 37.5 Å². The first-order chi connectivity index (χ1) is 10.2. The lowest BCUT2D eigenvalue weighted by molar-refractivity contribution is -0.909. The Hall–Kier alpha value is -1.32. The number of aliphatic hydroxyl groups is 1. The van der Waals surface area contributed by atoms with Crippen molar-refractivity contribution in [3.05, 3.63) is 42.5 Å².